The standard InChI is InChI=1S/C31H25F6NO2S/c32-25-18-16-21(17-19-25)27(30(33,34)31(35,36)37)38-26(28(39)40)20-41-29(22-10-4-1-5-11-22,23-12-6-2-7-13-23)24-14-8-3-9-15-24/h1-19,26-27,38H,20H2,(H,39,40)/t26?,27-/m1/s1. The van der Waals surface area contributed by atoms with Crippen LogP contribution in [-0.2, 0) is 9.54 Å². The van der Waals surface area contributed by atoms with Gasteiger partial charge in [0.15, 0.2) is 0 Å². The highest BCUT2D eigenvalue weighted by Crippen LogP contribution is 2.49. The van der Waals surface area contributed by atoms with Crippen molar-refractivity contribution in [3.8, 4) is 0 Å². The normalized spacial score (nSPS) is 13.9. The van der Waals surface area contributed by atoms with Gasteiger partial charge in [-0.1, -0.05) is 103 Å². The summed E-state index contributed by atoms with van der Waals surface area (Å²) in [5.41, 5.74) is 1.65. The van der Waals surface area contributed by atoms with Crippen LogP contribution in [-0.4, -0.2) is 35.0 Å². The molecule has 0 radical (unpaired) electrons. The maximum Gasteiger partial charge on any atom is 0.455 e. The van der Waals surface area contributed by atoms with Crippen molar-refractivity contribution in [2.75, 3.05) is 5.75 Å². The van der Waals surface area contributed by atoms with Crippen molar-refractivity contribution in [1.29, 1.82) is 0 Å². The van der Waals surface area contributed by atoms with Gasteiger partial charge < -0.3 is 5.11 Å². The summed E-state index contributed by atoms with van der Waals surface area (Å²) < 4.78 is 82.6. The van der Waals surface area contributed by atoms with Gasteiger partial charge >= 0.3 is 18.1 Å². The van der Waals surface area contributed by atoms with E-state index in [1.807, 2.05) is 54.6 Å². The molecule has 0 aromatic heterocycles. The Labute approximate surface area is 237 Å². The molecule has 0 aliphatic carbocycles. The second-order valence-corrected chi connectivity index (χ2v) is 10.5. The molecule has 0 spiro atoms. The zero-order valence-corrected chi connectivity index (χ0v) is 22.2. The maximum absolute atomic E-state index is 14.8. The molecule has 4 rings (SSSR count). The van der Waals surface area contributed by atoms with Crippen molar-refractivity contribution in [3.05, 3.63) is 143 Å². The average Bonchev–Trinajstić information content (AvgIpc) is 2.96. The third-order valence-corrected chi connectivity index (χ3v) is 8.26. The number of hydrogen-bond acceptors (Lipinski definition) is 3. The number of rotatable bonds is 11. The third-order valence-electron chi connectivity index (χ3n) is 6.62. The third kappa shape index (κ3) is 6.44. The lowest BCUT2D eigenvalue weighted by molar-refractivity contribution is -0.294. The van der Waals surface area contributed by atoms with Crippen molar-refractivity contribution in [2.45, 2.75) is 28.9 Å². The lowest BCUT2D eigenvalue weighted by Crippen LogP contribution is -2.53. The van der Waals surface area contributed by atoms with Crippen molar-refractivity contribution >= 4 is 17.7 Å². The molecule has 0 fully saturated rings. The van der Waals surface area contributed by atoms with Gasteiger partial charge in [0.05, 0.1) is 4.75 Å². The molecule has 0 bridgehead atoms. The Bertz CT molecular complexity index is 1320. The van der Waals surface area contributed by atoms with Gasteiger partial charge in [0.25, 0.3) is 0 Å². The second-order valence-electron chi connectivity index (χ2n) is 9.25. The Hall–Kier alpha value is -3.76. The molecule has 4 aromatic rings. The Morgan fingerprint density at radius 2 is 1.12 bits per heavy atom. The first-order valence-corrected chi connectivity index (χ1v) is 13.4. The lowest BCUT2D eigenvalue weighted by atomic mass is 9.84. The molecule has 2 atom stereocenters. The van der Waals surface area contributed by atoms with Crippen LogP contribution < -0.4 is 5.32 Å². The number of carboxylic acids is 1. The number of alkyl halides is 5. The summed E-state index contributed by atoms with van der Waals surface area (Å²) in [4.78, 5) is 12.4. The van der Waals surface area contributed by atoms with Crippen LogP contribution in [0.2, 0.25) is 0 Å². The first kappa shape index (κ1) is 30.2. The van der Waals surface area contributed by atoms with E-state index in [0.717, 1.165) is 52.7 Å². The smallest absolute Gasteiger partial charge is 0.455 e. The number of carbonyl (C=O) groups is 1. The molecule has 0 aliphatic rings. The largest absolute Gasteiger partial charge is 0.480 e. The molecule has 0 amide bonds. The zero-order valence-electron chi connectivity index (χ0n) is 21.4. The number of halogens is 6. The Morgan fingerprint density at radius 3 is 1.49 bits per heavy atom. The molecule has 10 heteroatoms. The number of thioether (sulfide) groups is 1. The van der Waals surface area contributed by atoms with Crippen molar-refractivity contribution in [3.63, 3.8) is 0 Å². The van der Waals surface area contributed by atoms with Gasteiger partial charge in [-0.3, -0.25) is 10.1 Å². The molecule has 4 aromatic carbocycles. The number of hydrogen-bond donors (Lipinski definition) is 2. The maximum atomic E-state index is 14.8. The van der Waals surface area contributed by atoms with Crippen molar-refractivity contribution < 1.29 is 36.2 Å². The topological polar surface area (TPSA) is 49.3 Å². The summed E-state index contributed by atoms with van der Waals surface area (Å²) in [5, 5.41) is 12.1. The number of carboxylic acid groups (broad SMARTS) is 1. The second kappa shape index (κ2) is 12.4. The highest BCUT2D eigenvalue weighted by Gasteiger charge is 2.63. The van der Waals surface area contributed by atoms with E-state index in [9.17, 15) is 36.2 Å². The molecule has 214 valence electrons. The van der Waals surface area contributed by atoms with Gasteiger partial charge in [-0.15, -0.1) is 11.8 Å². The van der Waals surface area contributed by atoms with E-state index in [4.69, 9.17) is 0 Å². The van der Waals surface area contributed by atoms with Crippen LogP contribution >= 0.6 is 11.8 Å². The number of aliphatic carboxylic acids is 1. The lowest BCUT2D eigenvalue weighted by Gasteiger charge is -2.37. The SMILES string of the molecule is O=C(O)C(CSC(c1ccccc1)(c1ccccc1)c1ccccc1)N[C@H](c1ccc(F)cc1)C(F)(F)C(F)(F)F. The summed E-state index contributed by atoms with van der Waals surface area (Å²) in [7, 11) is 0. The highest BCUT2D eigenvalue weighted by atomic mass is 32.2. The van der Waals surface area contributed by atoms with Gasteiger partial charge in [-0.2, -0.15) is 22.0 Å². The van der Waals surface area contributed by atoms with Crippen LogP contribution in [0, 0.1) is 5.82 Å². The average molecular weight is 590 g/mol. The van der Waals surface area contributed by atoms with E-state index < -0.39 is 52.0 Å². The minimum Gasteiger partial charge on any atom is -0.480 e. The van der Waals surface area contributed by atoms with Crippen LogP contribution in [0.5, 0.6) is 0 Å². The van der Waals surface area contributed by atoms with E-state index in [1.165, 1.54) is 0 Å². The molecule has 3 nitrogen and oxygen atoms in total. The van der Waals surface area contributed by atoms with E-state index in [0.29, 0.717) is 0 Å². The predicted molar refractivity (Wildman–Crippen MR) is 146 cm³/mol. The number of nitrogens with one attached hydrogen (secondary N) is 1. The quantitative estimate of drug-likeness (QED) is 0.138. The fourth-order valence-electron chi connectivity index (χ4n) is 4.60. The molecule has 1 unspecified atom stereocenters. The summed E-state index contributed by atoms with van der Waals surface area (Å²) >= 11 is 1.09. The fraction of sp³-hybridized carbons (Fsp3) is 0.194. The van der Waals surface area contributed by atoms with Crippen LogP contribution in [0.3, 0.4) is 0 Å². The highest BCUT2D eigenvalue weighted by molar-refractivity contribution is 8.00. The summed E-state index contributed by atoms with van der Waals surface area (Å²) in [6.07, 6.45) is -6.00. The van der Waals surface area contributed by atoms with Gasteiger partial charge in [-0.05, 0) is 34.4 Å². The van der Waals surface area contributed by atoms with Gasteiger partial charge in [0.2, 0.25) is 0 Å². The molecular weight excluding hydrogens is 564 g/mol. The summed E-state index contributed by atoms with van der Waals surface area (Å²) in [6, 6.07) is 25.7. The van der Waals surface area contributed by atoms with Crippen LogP contribution in [0.25, 0.3) is 0 Å². The van der Waals surface area contributed by atoms with E-state index in [1.54, 1.807) is 36.4 Å². The van der Waals surface area contributed by atoms with Crippen LogP contribution in [0.15, 0.2) is 115 Å². The Kier molecular flexibility index (Phi) is 9.14. The van der Waals surface area contributed by atoms with Crippen LogP contribution in [0.4, 0.5) is 26.3 Å². The summed E-state index contributed by atoms with van der Waals surface area (Å²) in [6.45, 7) is 0. The fourth-order valence-corrected chi connectivity index (χ4v) is 6.16. The Morgan fingerprint density at radius 1 is 0.707 bits per heavy atom. The monoisotopic (exact) mass is 589 g/mol. The Balaban J connectivity index is 1.79. The van der Waals surface area contributed by atoms with E-state index in [-0.39, 0.29) is 0 Å². The minimum atomic E-state index is -6.00. The van der Waals surface area contributed by atoms with Gasteiger partial charge in [0, 0.05) is 5.75 Å². The summed E-state index contributed by atoms with van der Waals surface area (Å²) in [5.74, 6) is -8.23. The molecule has 41 heavy (non-hydrogen) atoms. The molecule has 0 saturated carbocycles. The van der Waals surface area contributed by atoms with Crippen molar-refractivity contribution in [2.24, 2.45) is 0 Å². The first-order chi connectivity index (χ1) is 19.5. The molecule has 0 aliphatic heterocycles. The molecule has 0 heterocycles. The molecule has 0 saturated heterocycles. The predicted octanol–water partition coefficient (Wildman–Crippen LogP) is 7.83. The zero-order chi connectivity index (χ0) is 29.7. The van der Waals surface area contributed by atoms with E-state index in [2.05, 4.69) is 5.32 Å². The molecular formula is C31H25F6NO2S. The first-order valence-electron chi connectivity index (χ1n) is 12.5. The van der Waals surface area contributed by atoms with Crippen LogP contribution in [0.1, 0.15) is 28.3 Å². The van der Waals surface area contributed by atoms with Gasteiger partial charge in [0.1, 0.15) is 17.9 Å². The van der Waals surface area contributed by atoms with E-state index >= 15 is 0 Å². The molecule has 2 N–H and O–H groups in total. The number of benzene rings is 4. The minimum absolute atomic E-state index is 0.403. The van der Waals surface area contributed by atoms with Crippen molar-refractivity contribution in [1.82, 2.24) is 5.32 Å². The van der Waals surface area contributed by atoms with Gasteiger partial charge in [-0.25, -0.2) is 4.39 Å².